The third kappa shape index (κ3) is 8.45. The molecule has 2 N–H and O–H groups in total. The first-order chi connectivity index (χ1) is 17.6. The van der Waals surface area contributed by atoms with Crippen LogP contribution in [0.25, 0.3) is 0 Å². The number of nitrogens with one attached hydrogen (secondary N) is 2. The minimum absolute atomic E-state index is 0.0767. The van der Waals surface area contributed by atoms with Crippen LogP contribution < -0.4 is 20.3 Å². The van der Waals surface area contributed by atoms with Gasteiger partial charge in [-0.1, -0.05) is 50.8 Å². The first kappa shape index (κ1) is 26.8. The quantitative estimate of drug-likeness (QED) is 0.247. The molecule has 0 aliphatic heterocycles. The summed E-state index contributed by atoms with van der Waals surface area (Å²) < 4.78 is 5.79. The van der Waals surface area contributed by atoms with Crippen molar-refractivity contribution in [3.05, 3.63) is 84.4 Å². The van der Waals surface area contributed by atoms with Gasteiger partial charge in [-0.15, -0.1) is 0 Å². The average molecular weight is 488 g/mol. The molecule has 2 amide bonds. The van der Waals surface area contributed by atoms with Crippen molar-refractivity contribution >= 4 is 28.9 Å². The Kier molecular flexibility index (Phi) is 10.8. The van der Waals surface area contributed by atoms with Crippen LogP contribution in [0.1, 0.15) is 56.3 Å². The second-order valence-corrected chi connectivity index (χ2v) is 8.65. The molecule has 0 atom stereocenters. The number of carbonyl (C=O) groups is 2. The summed E-state index contributed by atoms with van der Waals surface area (Å²) in [5.74, 6) is 0.595. The summed E-state index contributed by atoms with van der Waals surface area (Å²) in [4.78, 5) is 27.0. The Morgan fingerprint density at radius 3 is 2.11 bits per heavy atom. The molecular weight excluding hydrogens is 450 g/mol. The molecule has 3 aromatic rings. The lowest BCUT2D eigenvalue weighted by molar-refractivity contribution is -0.114. The van der Waals surface area contributed by atoms with Crippen LogP contribution in [-0.2, 0) is 4.79 Å². The monoisotopic (exact) mass is 487 g/mol. The van der Waals surface area contributed by atoms with Gasteiger partial charge in [-0.3, -0.25) is 9.59 Å². The summed E-state index contributed by atoms with van der Waals surface area (Å²) in [5, 5.41) is 5.99. The van der Waals surface area contributed by atoms with Crippen LogP contribution in [0.5, 0.6) is 5.75 Å². The van der Waals surface area contributed by atoms with Crippen molar-refractivity contribution in [3.8, 4) is 5.75 Å². The molecule has 0 saturated carbocycles. The molecule has 3 rings (SSSR count). The summed E-state index contributed by atoms with van der Waals surface area (Å²) in [6, 6.07) is 24.2. The van der Waals surface area contributed by atoms with Gasteiger partial charge in [0.25, 0.3) is 5.91 Å². The molecule has 36 heavy (non-hydrogen) atoms. The minimum atomic E-state index is -0.166. The lowest BCUT2D eigenvalue weighted by Gasteiger charge is -2.21. The molecule has 0 heterocycles. The zero-order chi connectivity index (χ0) is 25.6. The topological polar surface area (TPSA) is 70.7 Å². The zero-order valence-corrected chi connectivity index (χ0v) is 21.3. The van der Waals surface area contributed by atoms with Gasteiger partial charge in [0.05, 0.1) is 13.2 Å². The van der Waals surface area contributed by atoms with Crippen LogP contribution in [0.2, 0.25) is 0 Å². The van der Waals surface area contributed by atoms with Crippen molar-refractivity contribution in [1.82, 2.24) is 0 Å². The molecular formula is C30H37N3O3. The Hall–Kier alpha value is -3.80. The van der Waals surface area contributed by atoms with Gasteiger partial charge in [-0.25, -0.2) is 0 Å². The third-order valence-electron chi connectivity index (χ3n) is 5.87. The van der Waals surface area contributed by atoms with E-state index in [2.05, 4.69) is 17.6 Å². The SMILES string of the molecule is CCCCCCCOc1ccc(NCC(=O)Nc2ccc(C(=O)N(CC)c3ccccc3)cc2)cc1. The van der Waals surface area contributed by atoms with E-state index in [0.717, 1.165) is 30.2 Å². The molecule has 6 heteroatoms. The van der Waals surface area contributed by atoms with Crippen LogP contribution in [0.15, 0.2) is 78.9 Å². The van der Waals surface area contributed by atoms with Gasteiger partial charge in [0.1, 0.15) is 5.75 Å². The molecule has 0 fully saturated rings. The van der Waals surface area contributed by atoms with E-state index in [1.54, 1.807) is 29.2 Å². The molecule has 0 aliphatic carbocycles. The molecule has 0 spiro atoms. The molecule has 6 nitrogen and oxygen atoms in total. The van der Waals surface area contributed by atoms with Crippen LogP contribution in [0.4, 0.5) is 17.1 Å². The number of hydrogen-bond donors (Lipinski definition) is 2. The van der Waals surface area contributed by atoms with Crippen molar-refractivity contribution in [2.45, 2.75) is 46.0 Å². The van der Waals surface area contributed by atoms with Crippen molar-refractivity contribution in [2.24, 2.45) is 0 Å². The molecule has 0 saturated heterocycles. The largest absolute Gasteiger partial charge is 0.494 e. The highest BCUT2D eigenvalue weighted by Crippen LogP contribution is 2.19. The van der Waals surface area contributed by atoms with Gasteiger partial charge < -0.3 is 20.3 Å². The molecule has 0 aliphatic rings. The highest BCUT2D eigenvalue weighted by atomic mass is 16.5. The fourth-order valence-corrected chi connectivity index (χ4v) is 3.86. The molecule has 3 aromatic carbocycles. The first-order valence-corrected chi connectivity index (χ1v) is 12.8. The molecule has 0 unspecified atom stereocenters. The lowest BCUT2D eigenvalue weighted by Crippen LogP contribution is -2.30. The molecule has 0 aromatic heterocycles. The van der Waals surface area contributed by atoms with Gasteiger partial charge in [0.15, 0.2) is 0 Å². The normalized spacial score (nSPS) is 10.5. The van der Waals surface area contributed by atoms with E-state index in [4.69, 9.17) is 4.74 Å². The van der Waals surface area contributed by atoms with E-state index < -0.39 is 0 Å². The van der Waals surface area contributed by atoms with Gasteiger partial charge in [-0.05, 0) is 74.0 Å². The Labute approximate surface area is 214 Å². The predicted octanol–water partition coefficient (Wildman–Crippen LogP) is 6.75. The third-order valence-corrected chi connectivity index (χ3v) is 5.87. The maximum Gasteiger partial charge on any atom is 0.258 e. The van der Waals surface area contributed by atoms with E-state index in [1.807, 2.05) is 61.5 Å². The maximum atomic E-state index is 12.9. The fraction of sp³-hybridized carbons (Fsp3) is 0.333. The average Bonchev–Trinajstić information content (AvgIpc) is 2.91. The van der Waals surface area contributed by atoms with Crippen LogP contribution in [0.3, 0.4) is 0 Å². The van der Waals surface area contributed by atoms with Crippen molar-refractivity contribution < 1.29 is 14.3 Å². The number of carbonyl (C=O) groups excluding carboxylic acids is 2. The van der Waals surface area contributed by atoms with E-state index >= 15 is 0 Å². The van der Waals surface area contributed by atoms with Gasteiger partial charge in [0, 0.05) is 29.2 Å². The molecule has 190 valence electrons. The van der Waals surface area contributed by atoms with Crippen LogP contribution in [-0.4, -0.2) is 31.5 Å². The smallest absolute Gasteiger partial charge is 0.258 e. The summed E-state index contributed by atoms with van der Waals surface area (Å²) in [5.41, 5.74) is 2.92. The molecule has 0 bridgehead atoms. The highest BCUT2D eigenvalue weighted by molar-refractivity contribution is 6.06. The number of rotatable bonds is 14. The van der Waals surface area contributed by atoms with E-state index in [-0.39, 0.29) is 18.4 Å². The Morgan fingerprint density at radius 2 is 1.44 bits per heavy atom. The van der Waals surface area contributed by atoms with E-state index in [1.165, 1.54) is 25.7 Å². The Bertz CT molecular complexity index is 1070. The van der Waals surface area contributed by atoms with Crippen molar-refractivity contribution in [3.63, 3.8) is 0 Å². The number of nitrogens with zero attached hydrogens (tertiary/aromatic N) is 1. The summed E-state index contributed by atoms with van der Waals surface area (Å²) in [6.07, 6.45) is 6.06. The maximum absolute atomic E-state index is 12.9. The van der Waals surface area contributed by atoms with Crippen molar-refractivity contribution in [1.29, 1.82) is 0 Å². The van der Waals surface area contributed by atoms with Crippen molar-refractivity contribution in [2.75, 3.05) is 35.2 Å². The summed E-state index contributed by atoms with van der Waals surface area (Å²) in [6.45, 7) is 5.59. The number of benzene rings is 3. The Balaban J connectivity index is 1.43. The van der Waals surface area contributed by atoms with E-state index in [0.29, 0.717) is 17.8 Å². The number of hydrogen-bond acceptors (Lipinski definition) is 4. The second kappa shape index (κ2) is 14.6. The predicted molar refractivity (Wildman–Crippen MR) is 148 cm³/mol. The van der Waals surface area contributed by atoms with Gasteiger partial charge in [-0.2, -0.15) is 0 Å². The standard InChI is InChI=1S/C30H37N3O3/c1-3-5-6-7-11-22-36-28-20-18-25(19-21-28)31-23-29(34)32-26-16-14-24(15-17-26)30(35)33(4-2)27-12-9-8-10-13-27/h8-10,12-21,31H,3-7,11,22-23H2,1-2H3,(H,32,34). The molecule has 0 radical (unpaired) electrons. The number of para-hydroxylation sites is 1. The van der Waals surface area contributed by atoms with Gasteiger partial charge >= 0.3 is 0 Å². The lowest BCUT2D eigenvalue weighted by atomic mass is 10.1. The Morgan fingerprint density at radius 1 is 0.778 bits per heavy atom. The summed E-state index contributed by atoms with van der Waals surface area (Å²) >= 11 is 0. The number of amides is 2. The van der Waals surface area contributed by atoms with Crippen LogP contribution >= 0.6 is 0 Å². The summed E-state index contributed by atoms with van der Waals surface area (Å²) in [7, 11) is 0. The second-order valence-electron chi connectivity index (χ2n) is 8.65. The number of unbranched alkanes of at least 4 members (excludes halogenated alkanes) is 4. The van der Waals surface area contributed by atoms with Gasteiger partial charge in [0.2, 0.25) is 5.91 Å². The zero-order valence-electron chi connectivity index (χ0n) is 21.3. The first-order valence-electron chi connectivity index (χ1n) is 12.8. The number of anilines is 3. The fourth-order valence-electron chi connectivity index (χ4n) is 3.86. The number of ether oxygens (including phenoxy) is 1. The van der Waals surface area contributed by atoms with Crippen LogP contribution in [0, 0.1) is 0 Å². The minimum Gasteiger partial charge on any atom is -0.494 e. The van der Waals surface area contributed by atoms with E-state index in [9.17, 15) is 9.59 Å². The highest BCUT2D eigenvalue weighted by Gasteiger charge is 2.16.